The van der Waals surface area contributed by atoms with Gasteiger partial charge in [0.1, 0.15) is 12.4 Å². The molecule has 0 spiro atoms. The summed E-state index contributed by atoms with van der Waals surface area (Å²) >= 11 is 0. The van der Waals surface area contributed by atoms with Crippen molar-refractivity contribution in [2.45, 2.75) is 30.8 Å². The van der Waals surface area contributed by atoms with Crippen LogP contribution in [-0.4, -0.2) is 48.8 Å². The van der Waals surface area contributed by atoms with Crippen molar-refractivity contribution in [2.75, 3.05) is 19.0 Å². The molecule has 0 aliphatic carbocycles. The number of aromatic nitrogens is 2. The van der Waals surface area contributed by atoms with Gasteiger partial charge >= 0.3 is 5.69 Å². The Morgan fingerprint density at radius 2 is 2.04 bits per heavy atom. The number of hydrogen-bond donors (Lipinski definition) is 2. The molecule has 0 radical (unpaired) electrons. The first kappa shape index (κ1) is 21.5. The molecular formula is C16H21N5O6S. The summed E-state index contributed by atoms with van der Waals surface area (Å²) in [7, 11) is -2.21. The fraction of sp³-hybridized carbons (Fsp3) is 0.375. The van der Waals surface area contributed by atoms with Crippen molar-refractivity contribution in [1.82, 2.24) is 14.5 Å². The molecule has 1 amide bonds. The van der Waals surface area contributed by atoms with Crippen molar-refractivity contribution in [3.8, 4) is 0 Å². The number of sulfonamides is 1. The van der Waals surface area contributed by atoms with Crippen LogP contribution in [-0.2, 0) is 26.1 Å². The van der Waals surface area contributed by atoms with Crippen LogP contribution in [0.5, 0.6) is 0 Å². The number of carbonyl (C=O) groups excluding carboxylic acids is 1. The van der Waals surface area contributed by atoms with Crippen molar-refractivity contribution in [2.24, 2.45) is 0 Å². The number of anilines is 1. The minimum atomic E-state index is -3.69. The lowest BCUT2D eigenvalue weighted by molar-refractivity contribution is -0.385. The van der Waals surface area contributed by atoms with E-state index in [-0.39, 0.29) is 42.1 Å². The molecule has 0 fully saturated rings. The van der Waals surface area contributed by atoms with Crippen molar-refractivity contribution in [1.29, 1.82) is 0 Å². The van der Waals surface area contributed by atoms with Crippen LogP contribution in [0.25, 0.3) is 0 Å². The van der Waals surface area contributed by atoms with Crippen LogP contribution in [0.1, 0.15) is 13.3 Å². The van der Waals surface area contributed by atoms with Crippen molar-refractivity contribution in [3.05, 3.63) is 46.8 Å². The lowest BCUT2D eigenvalue weighted by atomic mass is 10.3. The molecule has 1 atom stereocenters. The Kier molecular flexibility index (Phi) is 7.20. The van der Waals surface area contributed by atoms with Gasteiger partial charge in [0.15, 0.2) is 0 Å². The average molecular weight is 411 g/mol. The highest BCUT2D eigenvalue weighted by molar-refractivity contribution is 7.89. The number of aryl methyl sites for hydroxylation is 1. The summed E-state index contributed by atoms with van der Waals surface area (Å²) < 4.78 is 33.2. The number of nitrogens with zero attached hydrogens (tertiary/aromatic N) is 3. The van der Waals surface area contributed by atoms with Gasteiger partial charge in [-0.1, -0.05) is 0 Å². The standard InChI is InChI=1S/C16H21N5O6S/c1-12(11-27-2)19-28(25,26)15-5-3-13(4-6-15)18-16(22)7-8-20-10-14(9-17-20)21(23)24/h3-6,9-10,12,19H,7-8,11H2,1-2H3,(H,18,22). The number of benzene rings is 1. The fourth-order valence-corrected chi connectivity index (χ4v) is 3.57. The van der Waals surface area contributed by atoms with Crippen molar-refractivity contribution in [3.63, 3.8) is 0 Å². The topological polar surface area (TPSA) is 145 Å². The zero-order valence-corrected chi connectivity index (χ0v) is 16.2. The maximum absolute atomic E-state index is 12.2. The minimum absolute atomic E-state index is 0.0506. The molecule has 0 aliphatic heterocycles. The number of rotatable bonds is 10. The first-order valence-electron chi connectivity index (χ1n) is 8.29. The molecule has 0 aliphatic rings. The van der Waals surface area contributed by atoms with E-state index in [2.05, 4.69) is 15.1 Å². The number of methoxy groups -OCH3 is 1. The molecule has 2 rings (SSSR count). The summed E-state index contributed by atoms with van der Waals surface area (Å²) in [5.41, 5.74) is 0.283. The van der Waals surface area contributed by atoms with Gasteiger partial charge < -0.3 is 10.1 Å². The first-order chi connectivity index (χ1) is 13.2. The van der Waals surface area contributed by atoms with E-state index >= 15 is 0 Å². The third-order valence-corrected chi connectivity index (χ3v) is 5.23. The monoisotopic (exact) mass is 411 g/mol. The van der Waals surface area contributed by atoms with Gasteiger partial charge in [0, 0.05) is 31.8 Å². The number of nitro groups is 1. The Morgan fingerprint density at radius 3 is 2.61 bits per heavy atom. The van der Waals surface area contributed by atoms with Gasteiger partial charge in [-0.3, -0.25) is 19.6 Å². The van der Waals surface area contributed by atoms with Crippen LogP contribution >= 0.6 is 0 Å². The zero-order chi connectivity index (χ0) is 20.7. The zero-order valence-electron chi connectivity index (χ0n) is 15.4. The van der Waals surface area contributed by atoms with Crippen LogP contribution in [0.2, 0.25) is 0 Å². The smallest absolute Gasteiger partial charge is 0.306 e. The van der Waals surface area contributed by atoms with Gasteiger partial charge in [0.05, 0.1) is 16.4 Å². The summed E-state index contributed by atoms with van der Waals surface area (Å²) in [6.45, 7) is 2.10. The van der Waals surface area contributed by atoms with Gasteiger partial charge in [-0.2, -0.15) is 5.10 Å². The molecule has 0 saturated heterocycles. The molecule has 11 nitrogen and oxygen atoms in total. The third kappa shape index (κ3) is 6.11. The van der Waals surface area contributed by atoms with E-state index in [1.807, 2.05) is 0 Å². The van der Waals surface area contributed by atoms with Gasteiger partial charge in [-0.25, -0.2) is 13.1 Å². The molecule has 1 heterocycles. The number of carbonyl (C=O) groups is 1. The van der Waals surface area contributed by atoms with Gasteiger partial charge in [0.25, 0.3) is 0 Å². The predicted octanol–water partition coefficient (Wildman–Crippen LogP) is 1.13. The summed E-state index contributed by atoms with van der Waals surface area (Å²) in [6, 6.07) is 5.34. The molecule has 1 unspecified atom stereocenters. The van der Waals surface area contributed by atoms with Gasteiger partial charge in [0.2, 0.25) is 15.9 Å². The number of nitrogens with one attached hydrogen (secondary N) is 2. The van der Waals surface area contributed by atoms with E-state index in [9.17, 15) is 23.3 Å². The van der Waals surface area contributed by atoms with Crippen LogP contribution in [0, 0.1) is 10.1 Å². The fourth-order valence-electron chi connectivity index (χ4n) is 2.34. The highest BCUT2D eigenvalue weighted by Gasteiger charge is 2.17. The summed E-state index contributed by atoms with van der Waals surface area (Å²) in [6.07, 6.45) is 2.40. The molecule has 1 aromatic heterocycles. The predicted molar refractivity (Wildman–Crippen MR) is 100 cm³/mol. The van der Waals surface area contributed by atoms with E-state index in [0.29, 0.717) is 5.69 Å². The van der Waals surface area contributed by atoms with Crippen molar-refractivity contribution < 1.29 is 22.9 Å². The second-order valence-corrected chi connectivity index (χ2v) is 7.73. The molecule has 28 heavy (non-hydrogen) atoms. The van der Waals surface area contributed by atoms with Crippen LogP contribution in [0.3, 0.4) is 0 Å². The summed E-state index contributed by atoms with van der Waals surface area (Å²) in [5, 5.41) is 17.0. The maximum atomic E-state index is 12.2. The maximum Gasteiger partial charge on any atom is 0.306 e. The number of ether oxygens (including phenoxy) is 1. The Balaban J connectivity index is 1.90. The van der Waals surface area contributed by atoms with Gasteiger partial charge in [-0.15, -0.1) is 0 Å². The quantitative estimate of drug-likeness (QED) is 0.440. The number of amides is 1. The lowest BCUT2D eigenvalue weighted by Crippen LogP contribution is -2.35. The van der Waals surface area contributed by atoms with E-state index < -0.39 is 14.9 Å². The molecule has 2 aromatic rings. The van der Waals surface area contributed by atoms with Crippen LogP contribution in [0.4, 0.5) is 11.4 Å². The SMILES string of the molecule is COCC(C)NS(=O)(=O)c1ccc(NC(=O)CCn2cc([N+](=O)[O-])cn2)cc1. The van der Waals surface area contributed by atoms with E-state index in [1.54, 1.807) is 6.92 Å². The van der Waals surface area contributed by atoms with E-state index in [1.165, 1.54) is 42.3 Å². The molecule has 12 heteroatoms. The molecule has 0 bridgehead atoms. The Hall–Kier alpha value is -2.83. The first-order valence-corrected chi connectivity index (χ1v) is 9.77. The molecule has 2 N–H and O–H groups in total. The molecule has 1 aromatic carbocycles. The Labute approximate surface area is 161 Å². The summed E-state index contributed by atoms with van der Waals surface area (Å²) in [4.78, 5) is 22.1. The van der Waals surface area contributed by atoms with E-state index in [4.69, 9.17) is 4.74 Å². The van der Waals surface area contributed by atoms with E-state index in [0.717, 1.165) is 6.20 Å². The number of hydrogen-bond acceptors (Lipinski definition) is 7. The van der Waals surface area contributed by atoms with Crippen LogP contribution < -0.4 is 10.0 Å². The van der Waals surface area contributed by atoms with Crippen LogP contribution in [0.15, 0.2) is 41.6 Å². The van der Waals surface area contributed by atoms with Gasteiger partial charge in [-0.05, 0) is 31.2 Å². The second kappa shape index (κ2) is 9.39. The molecule has 152 valence electrons. The Bertz CT molecular complexity index is 925. The largest absolute Gasteiger partial charge is 0.383 e. The highest BCUT2D eigenvalue weighted by atomic mass is 32.2. The minimum Gasteiger partial charge on any atom is -0.383 e. The second-order valence-electron chi connectivity index (χ2n) is 6.02. The van der Waals surface area contributed by atoms with Crippen molar-refractivity contribution >= 4 is 27.3 Å². The molecule has 0 saturated carbocycles. The third-order valence-electron chi connectivity index (χ3n) is 3.62. The average Bonchev–Trinajstić information content (AvgIpc) is 3.09. The highest BCUT2D eigenvalue weighted by Crippen LogP contribution is 2.15. The normalized spacial score (nSPS) is 12.5. The summed E-state index contributed by atoms with van der Waals surface area (Å²) in [5.74, 6) is -0.333. The molecular weight excluding hydrogens is 390 g/mol. The lowest BCUT2D eigenvalue weighted by Gasteiger charge is -2.13. The Morgan fingerprint density at radius 1 is 1.36 bits per heavy atom.